The van der Waals surface area contributed by atoms with Crippen molar-refractivity contribution >= 4 is 11.6 Å². The molecule has 1 heterocycles. The molecule has 1 rings (SSSR count). The number of aromatic nitrogens is 1. The summed E-state index contributed by atoms with van der Waals surface area (Å²) in [6.07, 6.45) is 1.64. The first-order valence-corrected chi connectivity index (χ1v) is 5.61. The van der Waals surface area contributed by atoms with Crippen molar-refractivity contribution in [1.82, 2.24) is 10.3 Å². The first kappa shape index (κ1) is 12.5. The summed E-state index contributed by atoms with van der Waals surface area (Å²) in [7, 11) is 0. The Kier molecular flexibility index (Phi) is 4.76. The van der Waals surface area contributed by atoms with E-state index < -0.39 is 0 Å². The number of amides is 1. The minimum absolute atomic E-state index is 0.117. The van der Waals surface area contributed by atoms with Gasteiger partial charge in [-0.25, -0.2) is 0 Å². The summed E-state index contributed by atoms with van der Waals surface area (Å²) in [4.78, 5) is 15.8. The van der Waals surface area contributed by atoms with Gasteiger partial charge in [-0.3, -0.25) is 9.78 Å². The summed E-state index contributed by atoms with van der Waals surface area (Å²) in [6, 6.07) is 3.61. The fraction of sp³-hybridized carbons (Fsp3) is 0.500. The van der Waals surface area contributed by atoms with Gasteiger partial charge in [0.05, 0.1) is 0 Å². The Hall–Kier alpha value is -1.58. The molecule has 0 bridgehead atoms. The van der Waals surface area contributed by atoms with E-state index >= 15 is 0 Å². The molecule has 88 valence electrons. The first-order valence-electron chi connectivity index (χ1n) is 5.61. The molecule has 0 saturated heterocycles. The highest BCUT2D eigenvalue weighted by molar-refractivity contribution is 5.93. The van der Waals surface area contributed by atoms with Crippen LogP contribution in [0.25, 0.3) is 0 Å². The van der Waals surface area contributed by atoms with E-state index in [1.54, 1.807) is 12.3 Å². The highest BCUT2D eigenvalue weighted by Gasteiger charge is 2.07. The maximum atomic E-state index is 11.7. The molecule has 0 aliphatic heterocycles. The summed E-state index contributed by atoms with van der Waals surface area (Å²) in [5.74, 6) is 0.328. The second kappa shape index (κ2) is 6.10. The molecule has 0 aliphatic rings. The van der Waals surface area contributed by atoms with E-state index in [9.17, 15) is 4.79 Å². The van der Waals surface area contributed by atoms with Gasteiger partial charge in [0.1, 0.15) is 5.69 Å². The van der Waals surface area contributed by atoms with Gasteiger partial charge in [-0.1, -0.05) is 13.8 Å². The lowest BCUT2D eigenvalue weighted by atomic mass is 10.2. The van der Waals surface area contributed by atoms with E-state index in [4.69, 9.17) is 0 Å². The van der Waals surface area contributed by atoms with Crippen molar-refractivity contribution in [2.24, 2.45) is 5.92 Å². The van der Waals surface area contributed by atoms with Crippen LogP contribution in [-0.2, 0) is 0 Å². The van der Waals surface area contributed by atoms with Crippen molar-refractivity contribution in [3.8, 4) is 0 Å². The lowest BCUT2D eigenvalue weighted by Crippen LogP contribution is -2.28. The summed E-state index contributed by atoms with van der Waals surface area (Å²) >= 11 is 0. The molecule has 0 unspecified atom stereocenters. The predicted octanol–water partition coefficient (Wildman–Crippen LogP) is 1.90. The number of anilines is 1. The van der Waals surface area contributed by atoms with Crippen molar-refractivity contribution in [2.75, 3.05) is 18.4 Å². The van der Waals surface area contributed by atoms with Crippen LogP contribution in [0.5, 0.6) is 0 Å². The van der Waals surface area contributed by atoms with Crippen LogP contribution in [0.4, 0.5) is 5.69 Å². The standard InChI is InChI=1S/C12H19N3O/c1-4-13-10-5-6-14-11(7-10)12(16)15-8-9(2)3/h5-7,9H,4,8H2,1-3H3,(H,13,14)(H,15,16). The Morgan fingerprint density at radius 1 is 1.50 bits per heavy atom. The molecular weight excluding hydrogens is 202 g/mol. The van der Waals surface area contributed by atoms with Gasteiger partial charge in [-0.2, -0.15) is 0 Å². The molecule has 4 heteroatoms. The SMILES string of the molecule is CCNc1ccnc(C(=O)NCC(C)C)c1. The number of hydrogen-bond donors (Lipinski definition) is 2. The second-order valence-corrected chi connectivity index (χ2v) is 4.06. The summed E-state index contributed by atoms with van der Waals surface area (Å²) in [6.45, 7) is 7.63. The van der Waals surface area contributed by atoms with E-state index in [1.165, 1.54) is 0 Å². The van der Waals surface area contributed by atoms with Crippen LogP contribution >= 0.6 is 0 Å². The molecule has 0 spiro atoms. The minimum atomic E-state index is -0.117. The Balaban J connectivity index is 2.64. The van der Waals surface area contributed by atoms with Crippen LogP contribution < -0.4 is 10.6 Å². The molecule has 0 aliphatic carbocycles. The van der Waals surface area contributed by atoms with Crippen LogP contribution in [0, 0.1) is 5.92 Å². The van der Waals surface area contributed by atoms with Crippen LogP contribution in [0.1, 0.15) is 31.3 Å². The maximum absolute atomic E-state index is 11.7. The molecular formula is C12H19N3O. The van der Waals surface area contributed by atoms with Crippen molar-refractivity contribution in [2.45, 2.75) is 20.8 Å². The zero-order chi connectivity index (χ0) is 12.0. The molecule has 1 amide bonds. The number of nitrogens with zero attached hydrogens (tertiary/aromatic N) is 1. The fourth-order valence-electron chi connectivity index (χ4n) is 1.26. The number of carbonyl (C=O) groups excluding carboxylic acids is 1. The molecule has 1 aromatic rings. The van der Waals surface area contributed by atoms with E-state index in [1.807, 2.05) is 13.0 Å². The molecule has 2 N–H and O–H groups in total. The van der Waals surface area contributed by atoms with Crippen molar-refractivity contribution in [1.29, 1.82) is 0 Å². The molecule has 0 saturated carbocycles. The smallest absolute Gasteiger partial charge is 0.269 e. The second-order valence-electron chi connectivity index (χ2n) is 4.06. The summed E-state index contributed by atoms with van der Waals surface area (Å²) in [5.41, 5.74) is 1.38. The first-order chi connectivity index (χ1) is 7.63. The van der Waals surface area contributed by atoms with Crippen molar-refractivity contribution in [3.05, 3.63) is 24.0 Å². The Labute approximate surface area is 96.5 Å². The average molecular weight is 221 g/mol. The molecule has 0 fully saturated rings. The Morgan fingerprint density at radius 3 is 2.88 bits per heavy atom. The molecule has 0 atom stereocenters. The normalized spacial score (nSPS) is 10.2. The molecule has 0 radical (unpaired) electrons. The molecule has 1 aromatic heterocycles. The van der Waals surface area contributed by atoms with Crippen molar-refractivity contribution < 1.29 is 4.79 Å². The van der Waals surface area contributed by atoms with Gasteiger partial charge in [0, 0.05) is 25.0 Å². The van der Waals surface area contributed by atoms with E-state index in [0.29, 0.717) is 18.2 Å². The number of hydrogen-bond acceptors (Lipinski definition) is 3. The molecule has 0 aromatic carbocycles. The van der Waals surface area contributed by atoms with E-state index in [-0.39, 0.29) is 5.91 Å². The zero-order valence-electron chi connectivity index (χ0n) is 10.1. The van der Waals surface area contributed by atoms with Gasteiger partial charge in [0.25, 0.3) is 5.91 Å². The van der Waals surface area contributed by atoms with Gasteiger partial charge >= 0.3 is 0 Å². The maximum Gasteiger partial charge on any atom is 0.269 e. The van der Waals surface area contributed by atoms with Crippen LogP contribution in [0.15, 0.2) is 18.3 Å². The van der Waals surface area contributed by atoms with Crippen LogP contribution in [-0.4, -0.2) is 24.0 Å². The average Bonchev–Trinajstić information content (AvgIpc) is 2.26. The summed E-state index contributed by atoms with van der Waals surface area (Å²) < 4.78 is 0. The molecule has 16 heavy (non-hydrogen) atoms. The van der Waals surface area contributed by atoms with Crippen LogP contribution in [0.2, 0.25) is 0 Å². The largest absolute Gasteiger partial charge is 0.385 e. The summed E-state index contributed by atoms with van der Waals surface area (Å²) in [5, 5.41) is 5.99. The fourth-order valence-corrected chi connectivity index (χ4v) is 1.26. The number of nitrogens with one attached hydrogen (secondary N) is 2. The predicted molar refractivity (Wildman–Crippen MR) is 65.6 cm³/mol. The van der Waals surface area contributed by atoms with Gasteiger partial charge in [0.2, 0.25) is 0 Å². The van der Waals surface area contributed by atoms with Crippen molar-refractivity contribution in [3.63, 3.8) is 0 Å². The number of carbonyl (C=O) groups is 1. The Bertz CT molecular complexity index is 350. The topological polar surface area (TPSA) is 54.0 Å². The van der Waals surface area contributed by atoms with E-state index in [0.717, 1.165) is 12.2 Å². The third-order valence-electron chi connectivity index (χ3n) is 2.04. The lowest BCUT2D eigenvalue weighted by Gasteiger charge is -2.08. The van der Waals surface area contributed by atoms with Gasteiger partial charge < -0.3 is 10.6 Å². The quantitative estimate of drug-likeness (QED) is 0.798. The highest BCUT2D eigenvalue weighted by atomic mass is 16.1. The minimum Gasteiger partial charge on any atom is -0.385 e. The molecule has 4 nitrogen and oxygen atoms in total. The van der Waals surface area contributed by atoms with E-state index in [2.05, 4.69) is 29.5 Å². The van der Waals surface area contributed by atoms with Gasteiger partial charge in [-0.15, -0.1) is 0 Å². The third kappa shape index (κ3) is 3.88. The van der Waals surface area contributed by atoms with Crippen LogP contribution in [0.3, 0.4) is 0 Å². The third-order valence-corrected chi connectivity index (χ3v) is 2.04. The number of pyridine rings is 1. The van der Waals surface area contributed by atoms with Gasteiger partial charge in [-0.05, 0) is 25.0 Å². The van der Waals surface area contributed by atoms with Gasteiger partial charge in [0.15, 0.2) is 0 Å². The highest BCUT2D eigenvalue weighted by Crippen LogP contribution is 2.07. The number of rotatable bonds is 5. The zero-order valence-corrected chi connectivity index (χ0v) is 10.1. The lowest BCUT2D eigenvalue weighted by molar-refractivity contribution is 0.0944. The Morgan fingerprint density at radius 2 is 2.25 bits per heavy atom. The monoisotopic (exact) mass is 221 g/mol.